The molecule has 148 valence electrons. The first kappa shape index (κ1) is 19.5. The van der Waals surface area contributed by atoms with Crippen LogP contribution in [-0.2, 0) is 6.54 Å². The molecule has 1 aromatic heterocycles. The molecule has 2 heterocycles. The number of thiazole rings is 1. The lowest BCUT2D eigenvalue weighted by molar-refractivity contribution is 0.0951. The number of carbonyl (C=O) groups is 1. The summed E-state index contributed by atoms with van der Waals surface area (Å²) in [5.41, 5.74) is 5.14. The van der Waals surface area contributed by atoms with Crippen LogP contribution in [0.15, 0.2) is 70.1 Å². The summed E-state index contributed by atoms with van der Waals surface area (Å²) in [5, 5.41) is 6.35. The summed E-state index contributed by atoms with van der Waals surface area (Å²) in [7, 11) is 0. The molecule has 29 heavy (non-hydrogen) atoms. The van der Waals surface area contributed by atoms with E-state index in [1.807, 2.05) is 34.2 Å². The number of halogens is 1. The number of aromatic nitrogens is 1. The van der Waals surface area contributed by atoms with Crippen molar-refractivity contribution in [1.82, 2.24) is 9.99 Å². The molecular weight excluding hydrogens is 454 g/mol. The second kappa shape index (κ2) is 8.67. The molecule has 4 rings (SSSR count). The minimum Gasteiger partial charge on any atom is -0.486 e. The van der Waals surface area contributed by atoms with Crippen LogP contribution in [0, 0.1) is 0 Å². The summed E-state index contributed by atoms with van der Waals surface area (Å²) in [6.07, 6.45) is 1.80. The first-order valence-corrected chi connectivity index (χ1v) is 10.6. The Kier molecular flexibility index (Phi) is 5.82. The summed E-state index contributed by atoms with van der Waals surface area (Å²) in [6, 6.07) is 13.1. The number of benzene rings is 2. The van der Waals surface area contributed by atoms with Gasteiger partial charge in [0, 0.05) is 27.5 Å². The zero-order chi connectivity index (χ0) is 20.2. The first-order valence-electron chi connectivity index (χ1n) is 8.94. The Hall–Kier alpha value is -2.84. The summed E-state index contributed by atoms with van der Waals surface area (Å²) in [5.74, 6) is 0.897. The van der Waals surface area contributed by atoms with Gasteiger partial charge in [-0.15, -0.1) is 23.0 Å². The fraction of sp³-hybridized carbons (Fsp3) is 0.143. The van der Waals surface area contributed by atoms with Crippen molar-refractivity contribution >= 4 is 33.2 Å². The Morgan fingerprint density at radius 1 is 1.24 bits per heavy atom. The van der Waals surface area contributed by atoms with Gasteiger partial charge >= 0.3 is 0 Å². The highest BCUT2D eigenvalue weighted by atomic mass is 79.9. The Morgan fingerprint density at radius 2 is 2.07 bits per heavy atom. The van der Waals surface area contributed by atoms with E-state index in [0.717, 1.165) is 15.7 Å². The summed E-state index contributed by atoms with van der Waals surface area (Å²) >= 11 is 4.96. The van der Waals surface area contributed by atoms with Crippen LogP contribution in [0.4, 0.5) is 0 Å². The van der Waals surface area contributed by atoms with Crippen molar-refractivity contribution in [2.45, 2.75) is 6.54 Å². The number of carbonyl (C=O) groups excluding carboxylic acids is 1. The average Bonchev–Trinajstić information content (AvgIpc) is 3.14. The van der Waals surface area contributed by atoms with Gasteiger partial charge in [-0.25, -0.2) is 5.43 Å². The Bertz CT molecular complexity index is 1140. The van der Waals surface area contributed by atoms with Crippen molar-refractivity contribution in [1.29, 1.82) is 0 Å². The molecule has 1 aliphatic heterocycles. The second-order valence-electron chi connectivity index (χ2n) is 6.22. The summed E-state index contributed by atoms with van der Waals surface area (Å²) in [6.45, 7) is 5.39. The van der Waals surface area contributed by atoms with Crippen LogP contribution < -0.4 is 19.7 Å². The van der Waals surface area contributed by atoms with Crippen LogP contribution in [0.25, 0.3) is 11.3 Å². The van der Waals surface area contributed by atoms with Crippen molar-refractivity contribution in [3.05, 3.63) is 75.3 Å². The number of hydrogen-bond acceptors (Lipinski definition) is 5. The van der Waals surface area contributed by atoms with Crippen LogP contribution in [0.3, 0.4) is 0 Å². The van der Waals surface area contributed by atoms with Gasteiger partial charge in [0.1, 0.15) is 13.2 Å². The highest BCUT2D eigenvalue weighted by Crippen LogP contribution is 2.30. The van der Waals surface area contributed by atoms with E-state index in [4.69, 9.17) is 9.47 Å². The molecule has 1 aliphatic rings. The smallest absolute Gasteiger partial charge is 0.271 e. The molecule has 0 unspecified atom stereocenters. The van der Waals surface area contributed by atoms with Gasteiger partial charge in [0.15, 0.2) is 11.5 Å². The van der Waals surface area contributed by atoms with Crippen LogP contribution in [0.5, 0.6) is 11.5 Å². The van der Waals surface area contributed by atoms with Gasteiger partial charge in [0.2, 0.25) is 4.80 Å². The van der Waals surface area contributed by atoms with Crippen LogP contribution in [0.2, 0.25) is 0 Å². The SMILES string of the molecule is C=CCn1c(-c2cccc(Br)c2)cs/c1=N\NC(=O)c1ccc2c(c1)OCCO2. The molecule has 0 aliphatic carbocycles. The normalized spacial score (nSPS) is 13.2. The standard InChI is InChI=1S/C21H18BrN3O3S/c1-2-8-25-17(14-4-3-5-16(22)11-14)13-29-21(25)24-23-20(26)15-6-7-18-19(12-15)28-10-9-27-18/h2-7,11-13H,1,8-10H2,(H,23,26)/b24-21-. The fourth-order valence-electron chi connectivity index (χ4n) is 2.95. The lowest BCUT2D eigenvalue weighted by Crippen LogP contribution is -2.25. The third kappa shape index (κ3) is 4.28. The lowest BCUT2D eigenvalue weighted by Gasteiger charge is -2.18. The quantitative estimate of drug-likeness (QED) is 0.448. The zero-order valence-electron chi connectivity index (χ0n) is 15.4. The Morgan fingerprint density at radius 3 is 2.86 bits per heavy atom. The van der Waals surface area contributed by atoms with Crippen molar-refractivity contribution < 1.29 is 14.3 Å². The molecule has 0 bridgehead atoms. The van der Waals surface area contributed by atoms with E-state index in [1.165, 1.54) is 11.3 Å². The molecule has 8 heteroatoms. The van der Waals surface area contributed by atoms with Crippen molar-refractivity contribution in [2.75, 3.05) is 13.2 Å². The van der Waals surface area contributed by atoms with Gasteiger partial charge in [-0.05, 0) is 30.3 Å². The van der Waals surface area contributed by atoms with E-state index in [9.17, 15) is 4.79 Å². The molecule has 0 saturated heterocycles. The van der Waals surface area contributed by atoms with E-state index in [2.05, 4.69) is 33.0 Å². The highest BCUT2D eigenvalue weighted by molar-refractivity contribution is 9.10. The first-order chi connectivity index (χ1) is 14.2. The minimum atomic E-state index is -0.315. The molecule has 0 atom stereocenters. The maximum absolute atomic E-state index is 12.6. The molecule has 0 radical (unpaired) electrons. The third-order valence-electron chi connectivity index (χ3n) is 4.29. The summed E-state index contributed by atoms with van der Waals surface area (Å²) < 4.78 is 14.0. The van der Waals surface area contributed by atoms with Crippen molar-refractivity contribution in [3.63, 3.8) is 0 Å². The minimum absolute atomic E-state index is 0.315. The number of nitrogens with zero attached hydrogens (tertiary/aromatic N) is 2. The van der Waals surface area contributed by atoms with Gasteiger partial charge in [-0.2, -0.15) is 0 Å². The molecule has 0 saturated carbocycles. The molecular formula is C21H18BrN3O3S. The third-order valence-corrected chi connectivity index (χ3v) is 5.64. The van der Waals surface area contributed by atoms with Gasteiger partial charge < -0.3 is 14.0 Å². The predicted octanol–water partition coefficient (Wildman–Crippen LogP) is 4.18. The number of amides is 1. The number of fused-ring (bicyclic) bond motifs is 1. The van der Waals surface area contributed by atoms with E-state index >= 15 is 0 Å². The maximum Gasteiger partial charge on any atom is 0.271 e. The molecule has 6 nitrogen and oxygen atoms in total. The number of ether oxygens (including phenoxy) is 2. The maximum atomic E-state index is 12.6. The number of allylic oxidation sites excluding steroid dienone is 1. The molecule has 0 spiro atoms. The molecule has 3 aromatic rings. The topological polar surface area (TPSA) is 64.9 Å². The van der Waals surface area contributed by atoms with Crippen LogP contribution >= 0.6 is 27.3 Å². The van der Waals surface area contributed by atoms with Gasteiger partial charge in [-0.1, -0.05) is 34.1 Å². The summed E-state index contributed by atoms with van der Waals surface area (Å²) in [4.78, 5) is 13.2. The monoisotopic (exact) mass is 471 g/mol. The fourth-order valence-corrected chi connectivity index (χ4v) is 4.23. The zero-order valence-corrected chi connectivity index (χ0v) is 17.8. The van der Waals surface area contributed by atoms with Crippen molar-refractivity contribution in [3.8, 4) is 22.8 Å². The Labute approximate surface area is 180 Å². The lowest BCUT2D eigenvalue weighted by atomic mass is 10.2. The van der Waals surface area contributed by atoms with Gasteiger partial charge in [-0.3, -0.25) is 4.79 Å². The van der Waals surface area contributed by atoms with Crippen molar-refractivity contribution in [2.24, 2.45) is 5.10 Å². The second-order valence-corrected chi connectivity index (χ2v) is 7.98. The van der Waals surface area contributed by atoms with Gasteiger partial charge in [0.05, 0.1) is 5.69 Å². The van der Waals surface area contributed by atoms with Gasteiger partial charge in [0.25, 0.3) is 5.91 Å². The van der Waals surface area contributed by atoms with E-state index < -0.39 is 0 Å². The molecule has 1 N–H and O–H groups in total. The van der Waals surface area contributed by atoms with Crippen LogP contribution in [-0.4, -0.2) is 23.7 Å². The number of nitrogens with one attached hydrogen (secondary N) is 1. The molecule has 1 amide bonds. The van der Waals surface area contributed by atoms with E-state index in [0.29, 0.717) is 41.6 Å². The average molecular weight is 472 g/mol. The van der Waals surface area contributed by atoms with E-state index in [-0.39, 0.29) is 5.91 Å². The number of rotatable bonds is 5. The predicted molar refractivity (Wildman–Crippen MR) is 116 cm³/mol. The molecule has 2 aromatic carbocycles. The Balaban J connectivity index is 1.61. The number of hydrogen-bond donors (Lipinski definition) is 1. The molecule has 0 fully saturated rings. The highest BCUT2D eigenvalue weighted by Gasteiger charge is 2.15. The van der Waals surface area contributed by atoms with E-state index in [1.54, 1.807) is 24.3 Å². The largest absolute Gasteiger partial charge is 0.486 e. The van der Waals surface area contributed by atoms with Crippen LogP contribution in [0.1, 0.15) is 10.4 Å².